The predicted octanol–water partition coefficient (Wildman–Crippen LogP) is 3.47. The molecule has 1 aliphatic rings. The molecule has 1 aliphatic heterocycles. The molecule has 35 heavy (non-hydrogen) atoms. The van der Waals surface area contributed by atoms with E-state index in [4.69, 9.17) is 20.1 Å². The van der Waals surface area contributed by atoms with Gasteiger partial charge in [0.05, 0.1) is 23.6 Å². The van der Waals surface area contributed by atoms with Gasteiger partial charge in [-0.3, -0.25) is 9.36 Å². The van der Waals surface area contributed by atoms with Crippen LogP contribution in [0, 0.1) is 17.2 Å². The molecular weight excluding hydrogens is 444 g/mol. The molecule has 2 aromatic carbocycles. The highest BCUT2D eigenvalue weighted by Crippen LogP contribution is 2.24. The van der Waals surface area contributed by atoms with Crippen LogP contribution in [-0.4, -0.2) is 48.7 Å². The number of nitriles is 1. The molecule has 186 valence electrons. The number of rotatable bonds is 5. The highest BCUT2D eigenvalue weighted by Gasteiger charge is 2.22. The number of amides is 1. The highest BCUT2D eigenvalue weighted by molar-refractivity contribution is 5.80. The second kappa shape index (κ2) is 12.3. The lowest BCUT2D eigenvalue weighted by Crippen LogP contribution is -2.38. The first-order chi connectivity index (χ1) is 16.8. The van der Waals surface area contributed by atoms with Crippen LogP contribution in [0.2, 0.25) is 0 Å². The number of ether oxygens (including phenoxy) is 1. The summed E-state index contributed by atoms with van der Waals surface area (Å²) in [5, 5.41) is 8.60. The van der Waals surface area contributed by atoms with Crippen molar-refractivity contribution >= 4 is 17.0 Å². The molecule has 3 aromatic rings. The number of primary amides is 1. The number of fused-ring (bicyclic) bond motifs is 1. The molecule has 0 spiro atoms. The van der Waals surface area contributed by atoms with Gasteiger partial charge in [0.1, 0.15) is 0 Å². The van der Waals surface area contributed by atoms with Crippen molar-refractivity contribution in [3.8, 4) is 17.2 Å². The number of benzene rings is 2. The third-order valence-corrected chi connectivity index (χ3v) is 6.54. The quantitative estimate of drug-likeness (QED) is 0.600. The van der Waals surface area contributed by atoms with Crippen LogP contribution in [0.4, 0.5) is 0 Å². The molecule has 2 unspecified atom stereocenters. The first kappa shape index (κ1) is 26.2. The smallest absolute Gasteiger partial charge is 0.408 e. The van der Waals surface area contributed by atoms with Crippen LogP contribution >= 0.6 is 0 Å². The lowest BCUT2D eigenvalue weighted by atomic mass is 9.96. The summed E-state index contributed by atoms with van der Waals surface area (Å²) in [5.41, 5.74) is 9.97. The maximum Gasteiger partial charge on any atom is 0.419 e. The Bertz CT molecular complexity index is 1220. The summed E-state index contributed by atoms with van der Waals surface area (Å²) < 4.78 is 12.0. The Morgan fingerprint density at radius 1 is 1.14 bits per heavy atom. The molecule has 8 nitrogen and oxygen atoms in total. The van der Waals surface area contributed by atoms with Crippen molar-refractivity contribution in [3.63, 3.8) is 0 Å². The summed E-state index contributed by atoms with van der Waals surface area (Å²) in [4.78, 5) is 24.8. The normalized spacial score (nSPS) is 18.7. The van der Waals surface area contributed by atoms with Crippen LogP contribution in [0.15, 0.2) is 51.7 Å². The zero-order chi connectivity index (χ0) is 25.4. The molecule has 0 saturated carbocycles. The summed E-state index contributed by atoms with van der Waals surface area (Å²) in [5.74, 6) is -0.555. The first-order valence-electron chi connectivity index (χ1n) is 11.9. The van der Waals surface area contributed by atoms with Crippen molar-refractivity contribution < 1.29 is 13.9 Å². The fraction of sp³-hybridized carbons (Fsp3) is 0.444. The second-order valence-electron chi connectivity index (χ2n) is 9.05. The number of aryl methyl sites for hydroxylation is 2. The Morgan fingerprint density at radius 3 is 2.51 bits per heavy atom. The average Bonchev–Trinajstić information content (AvgIpc) is 3.13. The van der Waals surface area contributed by atoms with Crippen LogP contribution in [0.1, 0.15) is 31.2 Å². The van der Waals surface area contributed by atoms with Gasteiger partial charge >= 0.3 is 5.76 Å². The highest BCUT2D eigenvalue weighted by atomic mass is 16.5. The zero-order valence-electron chi connectivity index (χ0n) is 20.7. The maximum atomic E-state index is 11.5. The van der Waals surface area contributed by atoms with E-state index in [1.165, 1.54) is 4.57 Å². The monoisotopic (exact) mass is 478 g/mol. The Morgan fingerprint density at radius 2 is 1.86 bits per heavy atom. The number of carbonyl (C=O) groups excluding carboxylic acids is 1. The van der Waals surface area contributed by atoms with Crippen LogP contribution < -0.4 is 11.5 Å². The second-order valence-corrected chi connectivity index (χ2v) is 9.05. The number of oxazole rings is 1. The van der Waals surface area contributed by atoms with Gasteiger partial charge in [-0.15, -0.1) is 0 Å². The molecule has 0 bridgehead atoms. The lowest BCUT2D eigenvalue weighted by molar-refractivity contribution is -0.123. The van der Waals surface area contributed by atoms with Gasteiger partial charge in [0, 0.05) is 33.7 Å². The predicted molar refractivity (Wildman–Crippen MR) is 136 cm³/mol. The minimum atomic E-state index is -0.353. The largest absolute Gasteiger partial charge is 0.419 e. The number of nitrogens with zero attached hydrogens (tertiary/aromatic N) is 3. The Labute approximate surface area is 205 Å². The Kier molecular flexibility index (Phi) is 9.24. The van der Waals surface area contributed by atoms with Gasteiger partial charge in [0.25, 0.3) is 0 Å². The fourth-order valence-corrected chi connectivity index (χ4v) is 4.29. The van der Waals surface area contributed by atoms with Gasteiger partial charge in [-0.2, -0.15) is 5.26 Å². The molecule has 0 radical (unpaired) electrons. The summed E-state index contributed by atoms with van der Waals surface area (Å²) in [6, 6.07) is 16.0. The number of aromatic nitrogens is 1. The van der Waals surface area contributed by atoms with Crippen molar-refractivity contribution in [2.24, 2.45) is 18.7 Å². The molecule has 2 heterocycles. The van der Waals surface area contributed by atoms with Crippen molar-refractivity contribution in [3.05, 3.63) is 58.6 Å². The van der Waals surface area contributed by atoms with Crippen molar-refractivity contribution in [2.75, 3.05) is 27.2 Å². The van der Waals surface area contributed by atoms with E-state index in [2.05, 4.69) is 11.0 Å². The van der Waals surface area contributed by atoms with E-state index in [1.54, 1.807) is 14.2 Å². The number of hydrogen-bond acceptors (Lipinski definition) is 6. The van der Waals surface area contributed by atoms with E-state index >= 15 is 0 Å². The van der Waals surface area contributed by atoms with Gasteiger partial charge in [-0.05, 0) is 61.6 Å². The van der Waals surface area contributed by atoms with E-state index in [-0.39, 0.29) is 23.7 Å². The van der Waals surface area contributed by atoms with Crippen molar-refractivity contribution in [1.29, 1.82) is 5.26 Å². The zero-order valence-corrected chi connectivity index (χ0v) is 20.7. The van der Waals surface area contributed by atoms with Gasteiger partial charge in [-0.25, -0.2) is 4.79 Å². The summed E-state index contributed by atoms with van der Waals surface area (Å²) in [6.07, 6.45) is 4.41. The third-order valence-electron chi connectivity index (χ3n) is 6.54. The van der Waals surface area contributed by atoms with E-state index in [1.807, 2.05) is 49.5 Å². The minimum Gasteiger partial charge on any atom is -0.408 e. The standard InChI is InChI=1S/C17H14N2O2.C10H20N2O2/c1-19-15-11-14(8-9-16(15)21-17(19)20)13-6-4-12(5-7-13)3-2-10-18;1-12-6-5-9(14-2)4-3-8(7-12)10(11)13/h4-9,11H,2-3H2,1H3;8-9H,3-7H2,1-2H3,(H2,11,13). The van der Waals surface area contributed by atoms with Crippen LogP contribution in [-0.2, 0) is 23.0 Å². The van der Waals surface area contributed by atoms with E-state index in [9.17, 15) is 9.59 Å². The topological polar surface area (TPSA) is 114 Å². The van der Waals surface area contributed by atoms with E-state index < -0.39 is 0 Å². The molecule has 2 atom stereocenters. The molecule has 2 N–H and O–H groups in total. The van der Waals surface area contributed by atoms with E-state index in [0.717, 1.165) is 61.0 Å². The van der Waals surface area contributed by atoms with E-state index in [0.29, 0.717) is 12.0 Å². The number of nitrogens with two attached hydrogens (primary N) is 1. The van der Waals surface area contributed by atoms with Gasteiger partial charge in [-0.1, -0.05) is 30.3 Å². The van der Waals surface area contributed by atoms with Crippen molar-refractivity contribution in [2.45, 2.75) is 38.2 Å². The fourth-order valence-electron chi connectivity index (χ4n) is 4.29. The van der Waals surface area contributed by atoms with Gasteiger partial charge in [0.2, 0.25) is 5.91 Å². The minimum absolute atomic E-state index is 0.0158. The number of hydrogen-bond donors (Lipinski definition) is 1. The Hall–Kier alpha value is -3.41. The summed E-state index contributed by atoms with van der Waals surface area (Å²) in [7, 11) is 5.45. The van der Waals surface area contributed by atoms with Gasteiger partial charge < -0.3 is 19.8 Å². The first-order valence-corrected chi connectivity index (χ1v) is 11.9. The number of methoxy groups -OCH3 is 1. The lowest BCUT2D eigenvalue weighted by Gasteiger charge is -2.28. The van der Waals surface area contributed by atoms with Crippen LogP contribution in [0.5, 0.6) is 0 Å². The van der Waals surface area contributed by atoms with Gasteiger partial charge in [0.15, 0.2) is 5.58 Å². The van der Waals surface area contributed by atoms with Crippen LogP contribution in [0.3, 0.4) is 0 Å². The number of carbonyl (C=O) groups is 1. The Balaban J connectivity index is 0.000000214. The molecule has 1 saturated heterocycles. The number of likely N-dealkylation sites (tertiary alicyclic amines) is 1. The van der Waals surface area contributed by atoms with Crippen molar-refractivity contribution in [1.82, 2.24) is 9.47 Å². The van der Waals surface area contributed by atoms with Crippen LogP contribution in [0.25, 0.3) is 22.2 Å². The summed E-state index contributed by atoms with van der Waals surface area (Å²) >= 11 is 0. The molecule has 1 aromatic heterocycles. The molecule has 8 heteroatoms. The molecule has 0 aliphatic carbocycles. The molecule has 4 rings (SSSR count). The molecule has 1 fully saturated rings. The maximum absolute atomic E-state index is 11.5. The summed E-state index contributed by atoms with van der Waals surface area (Å²) in [6.45, 7) is 1.76. The SMILES string of the molecule is COC1CCC(C(N)=O)CN(C)CC1.Cn1c(=O)oc2ccc(-c3ccc(CCC#N)cc3)cc21. The molecule has 1 amide bonds. The average molecular weight is 479 g/mol. The third kappa shape index (κ3) is 7.04. The molecular formula is C27H34N4O4.